The van der Waals surface area contributed by atoms with Gasteiger partial charge in [0.1, 0.15) is 0 Å². The Morgan fingerprint density at radius 3 is 2.17 bits per heavy atom. The average Bonchev–Trinajstić information content (AvgIpc) is 2.78. The van der Waals surface area contributed by atoms with Crippen LogP contribution in [-0.2, 0) is 34.2 Å². The highest BCUT2D eigenvalue weighted by Crippen LogP contribution is 2.12. The van der Waals surface area contributed by atoms with E-state index in [1.807, 2.05) is 42.5 Å². The van der Waals surface area contributed by atoms with Gasteiger partial charge in [-0.05, 0) is 53.8 Å². The summed E-state index contributed by atoms with van der Waals surface area (Å²) < 4.78 is 27.5. The number of benzene rings is 2. The minimum absolute atomic E-state index is 0.0499. The number of pyridine rings is 1. The van der Waals surface area contributed by atoms with Crippen molar-refractivity contribution in [2.24, 2.45) is 0 Å². The number of hydrogen-bond donors (Lipinski definition) is 2. The monoisotopic (exact) mass is 423 g/mol. The van der Waals surface area contributed by atoms with E-state index < -0.39 is 10.0 Å². The van der Waals surface area contributed by atoms with Gasteiger partial charge in [0.25, 0.3) is 0 Å². The molecule has 0 fully saturated rings. The predicted molar refractivity (Wildman–Crippen MR) is 116 cm³/mol. The molecule has 6 nitrogen and oxygen atoms in total. The summed E-state index contributed by atoms with van der Waals surface area (Å²) in [5.41, 5.74) is 2.99. The Morgan fingerprint density at radius 2 is 1.47 bits per heavy atom. The minimum Gasteiger partial charge on any atom is -0.352 e. The van der Waals surface area contributed by atoms with Gasteiger partial charge in [-0.3, -0.25) is 9.78 Å². The molecule has 0 bridgehead atoms. The summed E-state index contributed by atoms with van der Waals surface area (Å²) in [5.74, 6) is -0.0499. The number of amides is 1. The van der Waals surface area contributed by atoms with Gasteiger partial charge >= 0.3 is 0 Å². The standard InChI is InChI=1S/C23H25N3O3S/c27-23(25-18-21-12-15-24-16-13-21)11-8-20-6-9-22(10-7-20)30(28,29)26-17-14-19-4-2-1-3-5-19/h1-7,9-10,12-13,15-16,26H,8,11,14,17-18H2,(H,25,27). The van der Waals surface area contributed by atoms with Crippen molar-refractivity contribution >= 4 is 15.9 Å². The zero-order valence-corrected chi connectivity index (χ0v) is 17.4. The van der Waals surface area contributed by atoms with E-state index in [-0.39, 0.29) is 10.8 Å². The van der Waals surface area contributed by atoms with Crippen molar-refractivity contribution in [3.8, 4) is 0 Å². The van der Waals surface area contributed by atoms with Crippen LogP contribution in [0.15, 0.2) is 84.0 Å². The number of nitrogens with one attached hydrogen (secondary N) is 2. The number of sulfonamides is 1. The second-order valence-corrected chi connectivity index (χ2v) is 8.68. The molecule has 0 saturated heterocycles. The Morgan fingerprint density at radius 1 is 0.800 bits per heavy atom. The molecule has 1 aromatic heterocycles. The van der Waals surface area contributed by atoms with E-state index in [4.69, 9.17) is 0 Å². The second kappa shape index (κ2) is 10.7. The van der Waals surface area contributed by atoms with Gasteiger partial charge in [0.15, 0.2) is 0 Å². The van der Waals surface area contributed by atoms with E-state index in [1.54, 1.807) is 36.7 Å². The van der Waals surface area contributed by atoms with Crippen molar-refractivity contribution in [1.82, 2.24) is 15.0 Å². The zero-order valence-electron chi connectivity index (χ0n) is 16.6. The first-order valence-electron chi connectivity index (χ1n) is 9.81. The van der Waals surface area contributed by atoms with Crippen LogP contribution in [0.5, 0.6) is 0 Å². The molecule has 0 atom stereocenters. The molecule has 156 valence electrons. The van der Waals surface area contributed by atoms with Crippen molar-refractivity contribution in [3.05, 3.63) is 95.8 Å². The van der Waals surface area contributed by atoms with Crippen LogP contribution >= 0.6 is 0 Å². The molecular formula is C23H25N3O3S. The molecule has 1 heterocycles. The van der Waals surface area contributed by atoms with Gasteiger partial charge in [0.2, 0.25) is 15.9 Å². The third-order valence-electron chi connectivity index (χ3n) is 4.66. The Balaban J connectivity index is 1.44. The molecule has 0 aliphatic carbocycles. The second-order valence-electron chi connectivity index (χ2n) is 6.91. The molecule has 1 amide bonds. The summed E-state index contributed by atoms with van der Waals surface area (Å²) in [6, 6.07) is 20.1. The Kier molecular flexibility index (Phi) is 7.70. The fraction of sp³-hybridized carbons (Fsp3) is 0.217. The number of nitrogens with zero attached hydrogens (tertiary/aromatic N) is 1. The van der Waals surface area contributed by atoms with Crippen LogP contribution < -0.4 is 10.0 Å². The molecule has 7 heteroatoms. The molecule has 0 unspecified atom stereocenters. The largest absolute Gasteiger partial charge is 0.352 e. The third-order valence-corrected chi connectivity index (χ3v) is 6.14. The van der Waals surface area contributed by atoms with Gasteiger partial charge in [-0.25, -0.2) is 13.1 Å². The number of aromatic nitrogens is 1. The van der Waals surface area contributed by atoms with Crippen molar-refractivity contribution < 1.29 is 13.2 Å². The molecule has 0 radical (unpaired) electrons. The Labute approximate surface area is 177 Å². The van der Waals surface area contributed by atoms with Crippen molar-refractivity contribution in [2.75, 3.05) is 6.54 Å². The zero-order chi connectivity index (χ0) is 21.2. The van der Waals surface area contributed by atoms with E-state index in [0.717, 1.165) is 16.7 Å². The number of hydrogen-bond acceptors (Lipinski definition) is 4. The lowest BCUT2D eigenvalue weighted by Gasteiger charge is -2.08. The van der Waals surface area contributed by atoms with Gasteiger partial charge in [0, 0.05) is 31.9 Å². The molecule has 3 aromatic rings. The maximum atomic E-state index is 12.4. The maximum Gasteiger partial charge on any atom is 0.240 e. The van der Waals surface area contributed by atoms with Crippen LogP contribution in [0, 0.1) is 0 Å². The van der Waals surface area contributed by atoms with Gasteiger partial charge in [-0.1, -0.05) is 42.5 Å². The Hall–Kier alpha value is -3.03. The SMILES string of the molecule is O=C(CCc1ccc(S(=O)(=O)NCCc2ccccc2)cc1)NCc1ccncc1. The first-order chi connectivity index (χ1) is 14.5. The number of rotatable bonds is 10. The molecule has 0 aliphatic heterocycles. The van der Waals surface area contributed by atoms with Gasteiger partial charge < -0.3 is 5.32 Å². The fourth-order valence-electron chi connectivity index (χ4n) is 2.94. The highest BCUT2D eigenvalue weighted by atomic mass is 32.2. The summed E-state index contributed by atoms with van der Waals surface area (Å²) >= 11 is 0. The Bertz CT molecular complexity index is 1040. The van der Waals surface area contributed by atoms with E-state index in [0.29, 0.717) is 32.4 Å². The van der Waals surface area contributed by atoms with Crippen molar-refractivity contribution in [3.63, 3.8) is 0 Å². The van der Waals surface area contributed by atoms with Crippen LogP contribution in [0.3, 0.4) is 0 Å². The fourth-order valence-corrected chi connectivity index (χ4v) is 3.97. The maximum absolute atomic E-state index is 12.4. The number of aryl methyl sites for hydroxylation is 1. The molecule has 0 spiro atoms. The normalized spacial score (nSPS) is 11.2. The molecule has 30 heavy (non-hydrogen) atoms. The van der Waals surface area contributed by atoms with Crippen molar-refractivity contribution in [2.45, 2.75) is 30.7 Å². The lowest BCUT2D eigenvalue weighted by molar-refractivity contribution is -0.121. The van der Waals surface area contributed by atoms with E-state index in [2.05, 4.69) is 15.0 Å². The van der Waals surface area contributed by atoms with Gasteiger partial charge in [-0.15, -0.1) is 0 Å². The van der Waals surface area contributed by atoms with Gasteiger partial charge in [0.05, 0.1) is 4.90 Å². The van der Waals surface area contributed by atoms with E-state index in [1.165, 1.54) is 0 Å². The average molecular weight is 424 g/mol. The molecule has 2 N–H and O–H groups in total. The molecule has 0 aliphatic rings. The molecule has 0 saturated carbocycles. The summed E-state index contributed by atoms with van der Waals surface area (Å²) in [7, 11) is -3.55. The molecule has 2 aromatic carbocycles. The molecule has 3 rings (SSSR count). The highest BCUT2D eigenvalue weighted by molar-refractivity contribution is 7.89. The third kappa shape index (κ3) is 6.79. The smallest absolute Gasteiger partial charge is 0.240 e. The highest BCUT2D eigenvalue weighted by Gasteiger charge is 2.13. The van der Waals surface area contributed by atoms with Crippen LogP contribution in [0.4, 0.5) is 0 Å². The quantitative estimate of drug-likeness (QED) is 0.525. The minimum atomic E-state index is -3.55. The number of carbonyl (C=O) groups excluding carboxylic acids is 1. The van der Waals surface area contributed by atoms with Crippen LogP contribution in [0.1, 0.15) is 23.1 Å². The van der Waals surface area contributed by atoms with E-state index >= 15 is 0 Å². The number of carbonyl (C=O) groups is 1. The topological polar surface area (TPSA) is 88.2 Å². The lowest BCUT2D eigenvalue weighted by Crippen LogP contribution is -2.26. The predicted octanol–water partition coefficient (Wildman–Crippen LogP) is 2.85. The van der Waals surface area contributed by atoms with Crippen molar-refractivity contribution in [1.29, 1.82) is 0 Å². The summed E-state index contributed by atoms with van der Waals surface area (Å²) in [6.45, 7) is 0.804. The van der Waals surface area contributed by atoms with E-state index in [9.17, 15) is 13.2 Å². The van der Waals surface area contributed by atoms with Crippen LogP contribution in [0.2, 0.25) is 0 Å². The molecular weight excluding hydrogens is 398 g/mol. The van der Waals surface area contributed by atoms with Gasteiger partial charge in [-0.2, -0.15) is 0 Å². The summed E-state index contributed by atoms with van der Waals surface area (Å²) in [5, 5.41) is 2.87. The van der Waals surface area contributed by atoms with Crippen LogP contribution in [0.25, 0.3) is 0 Å². The summed E-state index contributed by atoms with van der Waals surface area (Å²) in [6.07, 6.45) is 4.89. The van der Waals surface area contributed by atoms with Crippen LogP contribution in [-0.4, -0.2) is 25.9 Å². The summed E-state index contributed by atoms with van der Waals surface area (Å²) in [4.78, 5) is 16.2. The first kappa shape index (κ1) is 21.7. The lowest BCUT2D eigenvalue weighted by atomic mass is 10.1. The first-order valence-corrected chi connectivity index (χ1v) is 11.3.